The molecule has 0 aliphatic heterocycles. The highest BCUT2D eigenvalue weighted by atomic mass is 16.3. The van der Waals surface area contributed by atoms with Gasteiger partial charge in [-0.25, -0.2) is 9.97 Å². The van der Waals surface area contributed by atoms with Crippen LogP contribution >= 0.6 is 0 Å². The predicted molar refractivity (Wildman–Crippen MR) is 217 cm³/mol. The fourth-order valence-electron chi connectivity index (χ4n) is 8.44. The Morgan fingerprint density at radius 3 is 1.96 bits per heavy atom. The van der Waals surface area contributed by atoms with Crippen LogP contribution in [0.15, 0.2) is 173 Å². The molecule has 0 amide bonds. The van der Waals surface area contributed by atoms with Crippen LogP contribution in [0.4, 0.5) is 0 Å². The van der Waals surface area contributed by atoms with Crippen LogP contribution in [-0.2, 0) is 0 Å². The van der Waals surface area contributed by atoms with Gasteiger partial charge in [-0.1, -0.05) is 121 Å². The van der Waals surface area contributed by atoms with Gasteiger partial charge in [-0.3, -0.25) is 4.57 Å². The SMILES string of the molecule is c1ccc(-c2nc(-n3c4ccc5ccccc5c4c4c5oc6ccccc6c5cc(-c5ccc6oc7ccccc7c6c5)c43)nc3ccccc23)cc1. The first kappa shape index (κ1) is 28.5. The molecule has 0 N–H and O–H groups in total. The van der Waals surface area contributed by atoms with Crippen molar-refractivity contribution in [2.45, 2.75) is 0 Å². The summed E-state index contributed by atoms with van der Waals surface area (Å²) in [5, 5.41) is 9.76. The van der Waals surface area contributed by atoms with Crippen molar-refractivity contribution in [3.05, 3.63) is 164 Å². The lowest BCUT2D eigenvalue weighted by Crippen LogP contribution is -2.04. The van der Waals surface area contributed by atoms with Crippen molar-refractivity contribution in [3.8, 4) is 28.3 Å². The molecule has 0 saturated heterocycles. The summed E-state index contributed by atoms with van der Waals surface area (Å²) in [4.78, 5) is 10.8. The molecule has 12 aromatic rings. The first-order chi connectivity index (χ1) is 26.3. The number of fused-ring (bicyclic) bond motifs is 13. The van der Waals surface area contributed by atoms with E-state index in [1.807, 2.05) is 30.3 Å². The number of aromatic nitrogens is 3. The molecule has 0 unspecified atom stereocenters. The Kier molecular flexibility index (Phi) is 5.71. The number of hydrogen-bond acceptors (Lipinski definition) is 4. The average molecular weight is 678 g/mol. The topological polar surface area (TPSA) is 57.0 Å². The Morgan fingerprint density at radius 2 is 1.11 bits per heavy atom. The molecular weight excluding hydrogens is 651 g/mol. The molecule has 12 rings (SSSR count). The highest BCUT2D eigenvalue weighted by Gasteiger charge is 2.26. The second kappa shape index (κ2) is 10.6. The third-order valence-electron chi connectivity index (χ3n) is 10.8. The lowest BCUT2D eigenvalue weighted by Gasteiger charge is -2.14. The maximum Gasteiger partial charge on any atom is 0.235 e. The second-order valence-corrected chi connectivity index (χ2v) is 13.7. The molecule has 0 spiro atoms. The van der Waals surface area contributed by atoms with Crippen molar-refractivity contribution in [1.29, 1.82) is 0 Å². The Hall–Kier alpha value is -7.24. The first-order valence-electron chi connectivity index (χ1n) is 17.8. The monoisotopic (exact) mass is 677 g/mol. The average Bonchev–Trinajstić information content (AvgIpc) is 3.90. The molecule has 5 nitrogen and oxygen atoms in total. The van der Waals surface area contributed by atoms with E-state index in [4.69, 9.17) is 18.8 Å². The first-order valence-corrected chi connectivity index (χ1v) is 17.8. The minimum absolute atomic E-state index is 0.601. The third kappa shape index (κ3) is 4.02. The molecule has 4 heterocycles. The second-order valence-electron chi connectivity index (χ2n) is 13.7. The summed E-state index contributed by atoms with van der Waals surface area (Å²) >= 11 is 0. The summed E-state index contributed by atoms with van der Waals surface area (Å²) in [6.45, 7) is 0. The van der Waals surface area contributed by atoms with Crippen molar-refractivity contribution >= 4 is 87.4 Å². The fraction of sp³-hybridized carbons (Fsp3) is 0. The lowest BCUT2D eigenvalue weighted by molar-refractivity contribution is 0.669. The summed E-state index contributed by atoms with van der Waals surface area (Å²) in [6.07, 6.45) is 0. The Morgan fingerprint density at radius 1 is 0.434 bits per heavy atom. The molecule has 0 aliphatic rings. The van der Waals surface area contributed by atoms with E-state index in [9.17, 15) is 0 Å². The largest absolute Gasteiger partial charge is 0.456 e. The van der Waals surface area contributed by atoms with Crippen LogP contribution in [0, 0.1) is 0 Å². The van der Waals surface area contributed by atoms with Crippen LogP contribution in [0.25, 0.3) is 116 Å². The standard InChI is InChI=1S/C48H27N3O2/c1-2-13-29(14-3-1)45-34-18-6-9-19-38(34)49-48(50-45)51-39-24-22-28-12-4-5-15-31(28)43(39)44-46(51)35(27-37-33-17-8-11-21-41(33)53-47(37)44)30-23-25-42-36(26-30)32-16-7-10-20-40(32)52-42/h1-27H. The van der Waals surface area contributed by atoms with Crippen LogP contribution in [0.2, 0.25) is 0 Å². The summed E-state index contributed by atoms with van der Waals surface area (Å²) in [5.41, 5.74) is 10.4. The van der Waals surface area contributed by atoms with Gasteiger partial charge in [0.25, 0.3) is 0 Å². The molecule has 0 aliphatic carbocycles. The number of hydrogen-bond donors (Lipinski definition) is 0. The van der Waals surface area contributed by atoms with Gasteiger partial charge < -0.3 is 8.83 Å². The molecule has 0 atom stereocenters. The molecule has 4 aromatic heterocycles. The van der Waals surface area contributed by atoms with Crippen molar-refractivity contribution in [3.63, 3.8) is 0 Å². The van der Waals surface area contributed by atoms with E-state index < -0.39 is 0 Å². The Labute approximate surface area is 302 Å². The van der Waals surface area contributed by atoms with E-state index in [-0.39, 0.29) is 0 Å². The van der Waals surface area contributed by atoms with E-state index >= 15 is 0 Å². The summed E-state index contributed by atoms with van der Waals surface area (Å²) in [5.74, 6) is 0.601. The smallest absolute Gasteiger partial charge is 0.235 e. The Bertz CT molecular complexity index is 3460. The number of rotatable bonds is 3. The van der Waals surface area contributed by atoms with Crippen molar-refractivity contribution in [2.75, 3.05) is 0 Å². The van der Waals surface area contributed by atoms with Crippen LogP contribution in [0.1, 0.15) is 0 Å². The predicted octanol–water partition coefficient (Wildman–Crippen LogP) is 13.0. The number of furan rings is 2. The highest BCUT2D eigenvalue weighted by molar-refractivity contribution is 6.32. The van der Waals surface area contributed by atoms with Crippen molar-refractivity contribution < 1.29 is 8.83 Å². The van der Waals surface area contributed by atoms with E-state index in [0.717, 1.165) is 110 Å². The van der Waals surface area contributed by atoms with E-state index in [2.05, 4.69) is 138 Å². The number of nitrogens with zero attached hydrogens (tertiary/aromatic N) is 3. The summed E-state index contributed by atoms with van der Waals surface area (Å²) in [6, 6.07) is 57.1. The van der Waals surface area contributed by atoms with E-state index in [0.29, 0.717) is 5.95 Å². The molecule has 8 aromatic carbocycles. The van der Waals surface area contributed by atoms with Gasteiger partial charge in [0.05, 0.1) is 27.6 Å². The minimum atomic E-state index is 0.601. The zero-order valence-corrected chi connectivity index (χ0v) is 28.2. The molecule has 0 fully saturated rings. The molecule has 5 heteroatoms. The molecule has 0 saturated carbocycles. The van der Waals surface area contributed by atoms with Gasteiger partial charge in [-0.2, -0.15) is 0 Å². The van der Waals surface area contributed by atoms with Gasteiger partial charge in [0, 0.05) is 43.4 Å². The maximum atomic E-state index is 6.87. The number of para-hydroxylation sites is 3. The maximum absolute atomic E-state index is 6.87. The van der Waals surface area contributed by atoms with Gasteiger partial charge in [-0.15, -0.1) is 0 Å². The van der Waals surface area contributed by atoms with Gasteiger partial charge in [-0.05, 0) is 58.8 Å². The van der Waals surface area contributed by atoms with Crippen molar-refractivity contribution in [2.24, 2.45) is 0 Å². The van der Waals surface area contributed by atoms with Crippen LogP contribution in [0.3, 0.4) is 0 Å². The lowest BCUT2D eigenvalue weighted by atomic mass is 9.96. The van der Waals surface area contributed by atoms with Crippen molar-refractivity contribution in [1.82, 2.24) is 14.5 Å². The van der Waals surface area contributed by atoms with E-state index in [1.54, 1.807) is 0 Å². The van der Waals surface area contributed by atoms with Crippen LogP contribution in [-0.4, -0.2) is 14.5 Å². The molecular formula is C48H27N3O2. The van der Waals surface area contributed by atoms with Crippen LogP contribution in [0.5, 0.6) is 0 Å². The highest BCUT2D eigenvalue weighted by Crippen LogP contribution is 2.47. The molecule has 246 valence electrons. The molecule has 0 bridgehead atoms. The normalized spacial score (nSPS) is 12.2. The third-order valence-corrected chi connectivity index (χ3v) is 10.8. The van der Waals surface area contributed by atoms with E-state index in [1.165, 1.54) is 0 Å². The zero-order valence-electron chi connectivity index (χ0n) is 28.2. The fourth-order valence-corrected chi connectivity index (χ4v) is 8.44. The zero-order chi connectivity index (χ0) is 34.6. The van der Waals surface area contributed by atoms with Crippen LogP contribution < -0.4 is 0 Å². The van der Waals surface area contributed by atoms with Gasteiger partial charge in [0.15, 0.2) is 0 Å². The summed E-state index contributed by atoms with van der Waals surface area (Å²) < 4.78 is 15.4. The Balaban J connectivity index is 1.32. The summed E-state index contributed by atoms with van der Waals surface area (Å²) in [7, 11) is 0. The minimum Gasteiger partial charge on any atom is -0.456 e. The van der Waals surface area contributed by atoms with Gasteiger partial charge in [0.1, 0.15) is 22.3 Å². The number of benzene rings is 8. The molecule has 53 heavy (non-hydrogen) atoms. The quantitative estimate of drug-likeness (QED) is 0.187. The molecule has 0 radical (unpaired) electrons. The van der Waals surface area contributed by atoms with Gasteiger partial charge >= 0.3 is 0 Å². The van der Waals surface area contributed by atoms with Gasteiger partial charge in [0.2, 0.25) is 5.95 Å².